The zero-order chi connectivity index (χ0) is 11.4. The lowest BCUT2D eigenvalue weighted by Gasteiger charge is -2.31. The highest BCUT2D eigenvalue weighted by Crippen LogP contribution is 2.18. The van der Waals surface area contributed by atoms with Crippen molar-refractivity contribution in [1.82, 2.24) is 0 Å². The molecular formula is C9H14O6. The van der Waals surface area contributed by atoms with Gasteiger partial charge in [0, 0.05) is 20.3 Å². The van der Waals surface area contributed by atoms with Crippen LogP contribution in [0.1, 0.15) is 20.3 Å². The Morgan fingerprint density at radius 2 is 1.87 bits per heavy atom. The number of carbonyl (C=O) groups excluding carboxylic acids is 2. The zero-order valence-corrected chi connectivity index (χ0v) is 8.63. The molecule has 1 fully saturated rings. The minimum absolute atomic E-state index is 0.110. The molecule has 6 nitrogen and oxygen atoms in total. The van der Waals surface area contributed by atoms with Crippen molar-refractivity contribution in [3.8, 4) is 0 Å². The van der Waals surface area contributed by atoms with Gasteiger partial charge in [-0.15, -0.1) is 0 Å². The number of esters is 2. The van der Waals surface area contributed by atoms with Gasteiger partial charge >= 0.3 is 11.9 Å². The van der Waals surface area contributed by atoms with Gasteiger partial charge in [0.2, 0.25) is 0 Å². The first-order valence-electron chi connectivity index (χ1n) is 4.63. The van der Waals surface area contributed by atoms with Crippen LogP contribution < -0.4 is 0 Å². The van der Waals surface area contributed by atoms with Crippen molar-refractivity contribution in [3.63, 3.8) is 0 Å². The van der Waals surface area contributed by atoms with Crippen molar-refractivity contribution >= 4 is 11.9 Å². The minimum Gasteiger partial charge on any atom is -0.460 e. The molecular weight excluding hydrogens is 204 g/mol. The van der Waals surface area contributed by atoms with Gasteiger partial charge in [0.1, 0.15) is 6.10 Å². The second-order valence-corrected chi connectivity index (χ2v) is 3.34. The van der Waals surface area contributed by atoms with Crippen LogP contribution in [0.25, 0.3) is 0 Å². The van der Waals surface area contributed by atoms with E-state index >= 15 is 0 Å². The van der Waals surface area contributed by atoms with E-state index in [0.29, 0.717) is 0 Å². The lowest BCUT2D eigenvalue weighted by Crippen LogP contribution is -2.44. The molecule has 1 aliphatic rings. The Morgan fingerprint density at radius 3 is 2.40 bits per heavy atom. The molecule has 1 saturated heterocycles. The van der Waals surface area contributed by atoms with Crippen molar-refractivity contribution < 1.29 is 28.9 Å². The monoisotopic (exact) mass is 218 g/mol. The van der Waals surface area contributed by atoms with Crippen LogP contribution in [0.15, 0.2) is 0 Å². The van der Waals surface area contributed by atoms with Crippen molar-refractivity contribution in [2.24, 2.45) is 0 Å². The van der Waals surface area contributed by atoms with Crippen molar-refractivity contribution in [3.05, 3.63) is 0 Å². The maximum atomic E-state index is 10.7. The summed E-state index contributed by atoms with van der Waals surface area (Å²) in [5.74, 6) is -0.937. The highest BCUT2D eigenvalue weighted by atomic mass is 16.7. The molecule has 1 aliphatic heterocycles. The second-order valence-electron chi connectivity index (χ2n) is 3.34. The molecule has 1 rings (SSSR count). The molecule has 0 aromatic rings. The maximum Gasteiger partial charge on any atom is 0.303 e. The molecule has 1 heterocycles. The number of carbonyl (C=O) groups is 2. The van der Waals surface area contributed by atoms with Gasteiger partial charge in [-0.05, 0) is 0 Å². The van der Waals surface area contributed by atoms with E-state index in [1.165, 1.54) is 13.8 Å². The lowest BCUT2D eigenvalue weighted by molar-refractivity contribution is -0.229. The van der Waals surface area contributed by atoms with Gasteiger partial charge in [-0.1, -0.05) is 0 Å². The van der Waals surface area contributed by atoms with Crippen LogP contribution in [0, 0.1) is 0 Å². The molecule has 3 atom stereocenters. The van der Waals surface area contributed by atoms with Crippen LogP contribution in [0.2, 0.25) is 0 Å². The molecule has 0 aromatic heterocycles. The number of ether oxygens (including phenoxy) is 3. The summed E-state index contributed by atoms with van der Waals surface area (Å²) >= 11 is 0. The third-order valence-corrected chi connectivity index (χ3v) is 1.92. The van der Waals surface area contributed by atoms with Crippen molar-refractivity contribution in [2.45, 2.75) is 38.8 Å². The van der Waals surface area contributed by atoms with E-state index in [4.69, 9.17) is 14.2 Å². The first-order chi connectivity index (χ1) is 6.99. The SMILES string of the molecule is CC(=O)O[C@@H]1CO[C@H](O)[C@H](OC(C)=O)C1. The van der Waals surface area contributed by atoms with Crippen LogP contribution in [-0.2, 0) is 23.8 Å². The second kappa shape index (κ2) is 5.09. The summed E-state index contributed by atoms with van der Waals surface area (Å²) in [5, 5.41) is 9.33. The smallest absolute Gasteiger partial charge is 0.303 e. The molecule has 0 aliphatic carbocycles. The van der Waals surface area contributed by atoms with E-state index in [2.05, 4.69) is 0 Å². The van der Waals surface area contributed by atoms with E-state index in [1.54, 1.807) is 0 Å². The Kier molecular flexibility index (Phi) is 4.05. The average molecular weight is 218 g/mol. The van der Waals surface area contributed by atoms with Gasteiger partial charge in [0.15, 0.2) is 12.4 Å². The summed E-state index contributed by atoms with van der Waals surface area (Å²) in [4.78, 5) is 21.4. The Labute approximate surface area is 87.1 Å². The third-order valence-electron chi connectivity index (χ3n) is 1.92. The van der Waals surface area contributed by atoms with Crippen LogP contribution >= 0.6 is 0 Å². The number of hydrogen-bond acceptors (Lipinski definition) is 6. The van der Waals surface area contributed by atoms with E-state index in [0.717, 1.165) is 0 Å². The summed E-state index contributed by atoms with van der Waals surface area (Å²) in [7, 11) is 0. The molecule has 0 spiro atoms. The van der Waals surface area contributed by atoms with Crippen molar-refractivity contribution in [1.29, 1.82) is 0 Å². The number of aliphatic hydroxyl groups excluding tert-OH is 1. The van der Waals surface area contributed by atoms with Crippen LogP contribution in [0.3, 0.4) is 0 Å². The molecule has 86 valence electrons. The quantitative estimate of drug-likeness (QED) is 0.634. The Hall–Kier alpha value is -1.14. The predicted octanol–water partition coefficient (Wildman–Crippen LogP) is -0.412. The van der Waals surface area contributed by atoms with E-state index in [9.17, 15) is 14.7 Å². The summed E-state index contributed by atoms with van der Waals surface area (Å²) in [6.45, 7) is 2.63. The molecule has 0 radical (unpaired) electrons. The first-order valence-corrected chi connectivity index (χ1v) is 4.63. The summed E-state index contributed by atoms with van der Waals surface area (Å²) < 4.78 is 14.6. The molecule has 15 heavy (non-hydrogen) atoms. The van der Waals surface area contributed by atoms with E-state index < -0.39 is 30.4 Å². The Balaban J connectivity index is 2.47. The number of rotatable bonds is 2. The van der Waals surface area contributed by atoms with Gasteiger partial charge in [0.25, 0.3) is 0 Å². The molecule has 0 bridgehead atoms. The summed E-state index contributed by atoms with van der Waals surface area (Å²) in [5.41, 5.74) is 0. The van der Waals surface area contributed by atoms with Gasteiger partial charge in [-0.25, -0.2) is 0 Å². The lowest BCUT2D eigenvalue weighted by atomic mass is 10.1. The van der Waals surface area contributed by atoms with E-state index in [1.807, 2.05) is 0 Å². The standard InChI is InChI=1S/C9H14O6/c1-5(10)14-7-3-8(15-6(2)11)9(12)13-4-7/h7-9,12H,3-4H2,1-2H3/t7-,8+,9-/m0/s1. The van der Waals surface area contributed by atoms with Gasteiger partial charge in [-0.3, -0.25) is 9.59 Å². The fourth-order valence-electron chi connectivity index (χ4n) is 1.39. The Bertz CT molecular complexity index is 251. The maximum absolute atomic E-state index is 10.7. The van der Waals surface area contributed by atoms with Crippen LogP contribution in [0.4, 0.5) is 0 Å². The Morgan fingerprint density at radius 1 is 1.27 bits per heavy atom. The molecule has 6 heteroatoms. The fraction of sp³-hybridized carbons (Fsp3) is 0.778. The first kappa shape index (κ1) is 11.9. The molecule has 0 unspecified atom stereocenters. The van der Waals surface area contributed by atoms with Crippen LogP contribution in [-0.4, -0.2) is 42.1 Å². The number of hydrogen-bond donors (Lipinski definition) is 1. The minimum atomic E-state index is -1.15. The summed E-state index contributed by atoms with van der Waals surface area (Å²) in [6, 6.07) is 0. The topological polar surface area (TPSA) is 82.1 Å². The highest BCUT2D eigenvalue weighted by molar-refractivity contribution is 5.66. The third kappa shape index (κ3) is 3.85. The fourth-order valence-corrected chi connectivity index (χ4v) is 1.39. The number of aliphatic hydroxyl groups is 1. The predicted molar refractivity (Wildman–Crippen MR) is 47.7 cm³/mol. The molecule has 1 N–H and O–H groups in total. The van der Waals surface area contributed by atoms with Gasteiger partial charge in [-0.2, -0.15) is 0 Å². The molecule has 0 saturated carbocycles. The summed E-state index contributed by atoms with van der Waals surface area (Å²) in [6.07, 6.45) is -2.16. The normalized spacial score (nSPS) is 30.7. The largest absolute Gasteiger partial charge is 0.460 e. The van der Waals surface area contributed by atoms with E-state index in [-0.39, 0.29) is 13.0 Å². The highest BCUT2D eigenvalue weighted by Gasteiger charge is 2.33. The van der Waals surface area contributed by atoms with Gasteiger partial charge in [0.05, 0.1) is 6.61 Å². The van der Waals surface area contributed by atoms with Gasteiger partial charge < -0.3 is 19.3 Å². The zero-order valence-electron chi connectivity index (χ0n) is 8.63. The van der Waals surface area contributed by atoms with Crippen molar-refractivity contribution in [2.75, 3.05) is 6.61 Å². The van der Waals surface area contributed by atoms with Crippen LogP contribution in [0.5, 0.6) is 0 Å². The molecule has 0 aromatic carbocycles. The average Bonchev–Trinajstić information content (AvgIpc) is 2.09. The molecule has 0 amide bonds.